The average molecular weight is 527 g/mol. The summed E-state index contributed by atoms with van der Waals surface area (Å²) in [6.07, 6.45) is 9.25. The minimum absolute atomic E-state index is 0.0527. The van der Waals surface area contributed by atoms with Crippen molar-refractivity contribution >= 4 is 0 Å². The molecular formula is C32H34F4O2. The van der Waals surface area contributed by atoms with Crippen LogP contribution >= 0.6 is 0 Å². The molecule has 1 fully saturated rings. The second-order valence-corrected chi connectivity index (χ2v) is 9.79. The van der Waals surface area contributed by atoms with E-state index in [-0.39, 0.29) is 29.0 Å². The van der Waals surface area contributed by atoms with Gasteiger partial charge in [-0.1, -0.05) is 74.7 Å². The Morgan fingerprint density at radius 3 is 2.08 bits per heavy atom. The normalized spacial score (nSPS) is 17.7. The van der Waals surface area contributed by atoms with E-state index >= 15 is 8.78 Å². The average Bonchev–Trinajstić information content (AvgIpc) is 2.94. The van der Waals surface area contributed by atoms with Gasteiger partial charge in [0.15, 0.2) is 23.2 Å². The molecular weight excluding hydrogens is 492 g/mol. The molecule has 2 nitrogen and oxygen atoms in total. The largest absolute Gasteiger partial charge is 0.486 e. The number of hydrogen-bond acceptors (Lipinski definition) is 2. The van der Waals surface area contributed by atoms with E-state index in [2.05, 4.69) is 6.92 Å². The minimum Gasteiger partial charge on any atom is -0.486 e. The van der Waals surface area contributed by atoms with Crippen LogP contribution in [-0.4, -0.2) is 13.2 Å². The molecule has 0 saturated carbocycles. The van der Waals surface area contributed by atoms with Crippen LogP contribution in [0.4, 0.5) is 17.6 Å². The van der Waals surface area contributed by atoms with Crippen LogP contribution in [0.5, 0.6) is 5.75 Å². The van der Waals surface area contributed by atoms with Crippen molar-refractivity contribution in [3.05, 3.63) is 89.5 Å². The number of ether oxygens (including phenoxy) is 2. The second-order valence-electron chi connectivity index (χ2n) is 9.79. The quantitative estimate of drug-likeness (QED) is 0.149. The van der Waals surface area contributed by atoms with Gasteiger partial charge in [-0.15, -0.1) is 0 Å². The molecule has 1 aliphatic rings. The van der Waals surface area contributed by atoms with E-state index in [4.69, 9.17) is 9.47 Å². The Kier molecular flexibility index (Phi) is 9.62. The Balaban J connectivity index is 1.48. The first kappa shape index (κ1) is 27.9. The van der Waals surface area contributed by atoms with E-state index in [1.54, 1.807) is 55.5 Å². The third kappa shape index (κ3) is 6.29. The standard InChI is InChI=1S/C32H34F4O2/c1-3-5-7-8-21-9-17-27(38-20-21)26-15-14-24(29(33)31(26)35)22-10-12-23(13-11-22)25-16-18-28(32(36)30(25)34)37-19-6-4-2/h4,6,10-16,18,21,27H,3,5,7-9,17,19-20H2,1-2H3. The Hall–Kier alpha value is -3.12. The summed E-state index contributed by atoms with van der Waals surface area (Å²) in [6.45, 7) is 4.68. The van der Waals surface area contributed by atoms with E-state index < -0.39 is 29.4 Å². The summed E-state index contributed by atoms with van der Waals surface area (Å²) in [4.78, 5) is 0. The summed E-state index contributed by atoms with van der Waals surface area (Å²) in [5.41, 5.74) is 1.24. The lowest BCUT2D eigenvalue weighted by Gasteiger charge is -2.29. The van der Waals surface area contributed by atoms with E-state index in [1.807, 2.05) is 0 Å². The molecule has 6 heteroatoms. The van der Waals surface area contributed by atoms with Gasteiger partial charge in [0.25, 0.3) is 0 Å². The summed E-state index contributed by atoms with van der Waals surface area (Å²) in [5, 5.41) is 0. The van der Waals surface area contributed by atoms with Crippen molar-refractivity contribution in [1.82, 2.24) is 0 Å². The summed E-state index contributed by atoms with van der Waals surface area (Å²) in [7, 11) is 0. The first-order valence-electron chi connectivity index (χ1n) is 13.4. The monoisotopic (exact) mass is 526 g/mol. The maximum atomic E-state index is 15.1. The topological polar surface area (TPSA) is 18.5 Å². The van der Waals surface area contributed by atoms with Gasteiger partial charge in [-0.05, 0) is 55.4 Å². The van der Waals surface area contributed by atoms with Crippen molar-refractivity contribution in [2.75, 3.05) is 13.2 Å². The Labute approximate surface area is 222 Å². The van der Waals surface area contributed by atoms with Crippen LogP contribution < -0.4 is 4.74 Å². The third-order valence-corrected chi connectivity index (χ3v) is 7.17. The van der Waals surface area contributed by atoms with Crippen LogP contribution in [0.3, 0.4) is 0 Å². The molecule has 0 spiro atoms. The summed E-state index contributed by atoms with van der Waals surface area (Å²) in [5.74, 6) is -3.64. The fraction of sp³-hybridized carbons (Fsp3) is 0.375. The predicted molar refractivity (Wildman–Crippen MR) is 143 cm³/mol. The third-order valence-electron chi connectivity index (χ3n) is 7.17. The number of halogens is 4. The highest BCUT2D eigenvalue weighted by Crippen LogP contribution is 2.37. The van der Waals surface area contributed by atoms with Crippen molar-refractivity contribution in [3.63, 3.8) is 0 Å². The van der Waals surface area contributed by atoms with Crippen LogP contribution in [0.15, 0.2) is 60.7 Å². The summed E-state index contributed by atoms with van der Waals surface area (Å²) < 4.78 is 70.6. The molecule has 0 aromatic heterocycles. The zero-order chi connectivity index (χ0) is 27.1. The predicted octanol–water partition coefficient (Wildman–Crippen LogP) is 9.58. The molecule has 4 rings (SSSR count). The maximum absolute atomic E-state index is 15.1. The van der Waals surface area contributed by atoms with E-state index in [0.29, 0.717) is 30.1 Å². The highest BCUT2D eigenvalue weighted by molar-refractivity contribution is 5.71. The lowest BCUT2D eigenvalue weighted by atomic mass is 9.90. The Morgan fingerprint density at radius 2 is 1.47 bits per heavy atom. The van der Waals surface area contributed by atoms with Crippen molar-refractivity contribution < 1.29 is 27.0 Å². The van der Waals surface area contributed by atoms with Gasteiger partial charge < -0.3 is 9.47 Å². The zero-order valence-electron chi connectivity index (χ0n) is 21.9. The number of allylic oxidation sites excluding steroid dienone is 1. The number of benzene rings is 3. The van der Waals surface area contributed by atoms with Gasteiger partial charge in [-0.25, -0.2) is 13.2 Å². The van der Waals surface area contributed by atoms with Gasteiger partial charge in [-0.3, -0.25) is 0 Å². The molecule has 3 aromatic carbocycles. The molecule has 2 atom stereocenters. The van der Waals surface area contributed by atoms with Gasteiger partial charge in [-0.2, -0.15) is 4.39 Å². The van der Waals surface area contributed by atoms with Crippen molar-refractivity contribution in [2.24, 2.45) is 5.92 Å². The maximum Gasteiger partial charge on any atom is 0.201 e. The number of unbranched alkanes of at least 4 members (excludes halogenated alkanes) is 2. The van der Waals surface area contributed by atoms with Gasteiger partial charge in [0.05, 0.1) is 12.7 Å². The van der Waals surface area contributed by atoms with E-state index in [0.717, 1.165) is 12.8 Å². The lowest BCUT2D eigenvalue weighted by molar-refractivity contribution is -0.0218. The molecule has 0 amide bonds. The number of hydrogen-bond donors (Lipinski definition) is 0. The first-order chi connectivity index (χ1) is 18.4. The van der Waals surface area contributed by atoms with Crippen LogP contribution in [0.2, 0.25) is 0 Å². The first-order valence-corrected chi connectivity index (χ1v) is 13.4. The zero-order valence-corrected chi connectivity index (χ0v) is 21.9. The fourth-order valence-corrected chi connectivity index (χ4v) is 4.93. The van der Waals surface area contributed by atoms with Gasteiger partial charge in [0, 0.05) is 16.7 Å². The number of rotatable bonds is 10. The molecule has 2 unspecified atom stereocenters. The Morgan fingerprint density at radius 1 is 0.816 bits per heavy atom. The van der Waals surface area contributed by atoms with Crippen LogP contribution in [0, 0.1) is 29.2 Å². The highest BCUT2D eigenvalue weighted by atomic mass is 19.2. The smallest absolute Gasteiger partial charge is 0.201 e. The molecule has 0 N–H and O–H groups in total. The second kappa shape index (κ2) is 13.1. The van der Waals surface area contributed by atoms with Crippen LogP contribution in [0.25, 0.3) is 22.3 Å². The van der Waals surface area contributed by atoms with Crippen LogP contribution in [0.1, 0.15) is 64.0 Å². The molecule has 1 saturated heterocycles. The highest BCUT2D eigenvalue weighted by Gasteiger charge is 2.27. The summed E-state index contributed by atoms with van der Waals surface area (Å²) >= 11 is 0. The SMILES string of the molecule is CC=CCOc1ccc(-c2ccc(-c3ccc(C4CCC(CCCCC)CO4)c(F)c3F)cc2)c(F)c1F. The van der Waals surface area contributed by atoms with Gasteiger partial charge >= 0.3 is 0 Å². The molecule has 0 radical (unpaired) electrons. The van der Waals surface area contributed by atoms with Crippen molar-refractivity contribution in [2.45, 2.75) is 58.5 Å². The minimum atomic E-state index is -1.07. The van der Waals surface area contributed by atoms with Gasteiger partial charge in [0.1, 0.15) is 6.61 Å². The molecule has 202 valence electrons. The van der Waals surface area contributed by atoms with Crippen molar-refractivity contribution in [1.29, 1.82) is 0 Å². The van der Waals surface area contributed by atoms with E-state index in [9.17, 15) is 8.78 Å². The van der Waals surface area contributed by atoms with Gasteiger partial charge in [0.2, 0.25) is 5.82 Å². The summed E-state index contributed by atoms with van der Waals surface area (Å²) in [6, 6.07) is 12.2. The molecule has 0 bridgehead atoms. The van der Waals surface area contributed by atoms with Crippen molar-refractivity contribution in [3.8, 4) is 28.0 Å². The molecule has 38 heavy (non-hydrogen) atoms. The molecule has 0 aliphatic carbocycles. The van der Waals surface area contributed by atoms with E-state index in [1.165, 1.54) is 31.4 Å². The fourth-order valence-electron chi connectivity index (χ4n) is 4.93. The molecule has 1 aliphatic heterocycles. The molecule has 3 aromatic rings. The molecule has 1 heterocycles. The van der Waals surface area contributed by atoms with Crippen LogP contribution in [-0.2, 0) is 4.74 Å². The Bertz CT molecular complexity index is 1250. The lowest BCUT2D eigenvalue weighted by Crippen LogP contribution is -2.21.